The third-order valence-electron chi connectivity index (χ3n) is 2.19. The van der Waals surface area contributed by atoms with Gasteiger partial charge in [-0.15, -0.1) is 0 Å². The molecule has 0 radical (unpaired) electrons. The number of carbonyl (C=O) groups is 1. The summed E-state index contributed by atoms with van der Waals surface area (Å²) in [6.45, 7) is 1.75. The number of nitrogens with one attached hydrogen (secondary N) is 1. The zero-order valence-electron chi connectivity index (χ0n) is 9.82. The molecule has 0 aromatic heterocycles. The lowest BCUT2D eigenvalue weighted by atomic mass is 10.3. The van der Waals surface area contributed by atoms with Crippen LogP contribution in [0, 0.1) is 0 Å². The molecule has 0 spiro atoms. The lowest BCUT2D eigenvalue weighted by Gasteiger charge is -2.12. The molecule has 0 aliphatic rings. The molecule has 0 aliphatic carbocycles. The van der Waals surface area contributed by atoms with Crippen molar-refractivity contribution in [3.63, 3.8) is 0 Å². The van der Waals surface area contributed by atoms with Gasteiger partial charge >= 0.3 is 0 Å². The fraction of sp³-hybridized carbons (Fsp3) is 0.417. The summed E-state index contributed by atoms with van der Waals surface area (Å²) in [5.41, 5.74) is 11.4. The van der Waals surface area contributed by atoms with E-state index in [4.69, 9.17) is 16.2 Å². The van der Waals surface area contributed by atoms with Crippen molar-refractivity contribution in [2.75, 3.05) is 25.0 Å². The summed E-state index contributed by atoms with van der Waals surface area (Å²) in [6.07, 6.45) is 1.12. The molecule has 0 unspecified atom stereocenters. The quantitative estimate of drug-likeness (QED) is 0.580. The summed E-state index contributed by atoms with van der Waals surface area (Å²) in [6, 6.07) is 7.58. The van der Waals surface area contributed by atoms with Gasteiger partial charge < -0.3 is 21.5 Å². The van der Waals surface area contributed by atoms with E-state index in [1.807, 2.05) is 24.3 Å². The first-order valence-corrected chi connectivity index (χ1v) is 5.68. The third kappa shape index (κ3) is 5.21. The molecule has 17 heavy (non-hydrogen) atoms. The summed E-state index contributed by atoms with van der Waals surface area (Å²) < 4.78 is 5.48. The maximum atomic E-state index is 10.6. The number of para-hydroxylation sites is 2. The van der Waals surface area contributed by atoms with Gasteiger partial charge in [-0.3, -0.25) is 4.79 Å². The van der Waals surface area contributed by atoms with Crippen LogP contribution in [-0.2, 0) is 4.79 Å². The van der Waals surface area contributed by atoms with Gasteiger partial charge in [0.05, 0.1) is 18.7 Å². The highest BCUT2D eigenvalue weighted by Crippen LogP contribution is 2.23. The van der Waals surface area contributed by atoms with Crippen LogP contribution in [0.4, 0.5) is 5.69 Å². The number of ether oxygens (including phenoxy) is 1. The zero-order chi connectivity index (χ0) is 12.5. The Morgan fingerprint density at radius 1 is 1.35 bits per heavy atom. The van der Waals surface area contributed by atoms with Crippen LogP contribution >= 0.6 is 0 Å². The Balaban J connectivity index is 2.48. The van der Waals surface area contributed by atoms with Crippen LogP contribution in [0.5, 0.6) is 5.75 Å². The topological polar surface area (TPSA) is 90.4 Å². The van der Waals surface area contributed by atoms with E-state index in [1.165, 1.54) is 0 Å². The van der Waals surface area contributed by atoms with Crippen LogP contribution in [0.2, 0.25) is 0 Å². The molecule has 1 aromatic rings. The van der Waals surface area contributed by atoms with Crippen molar-refractivity contribution < 1.29 is 9.53 Å². The van der Waals surface area contributed by atoms with E-state index in [1.54, 1.807) is 0 Å². The summed E-state index contributed by atoms with van der Waals surface area (Å²) in [7, 11) is 0. The monoisotopic (exact) mass is 237 g/mol. The molecule has 0 saturated carbocycles. The number of rotatable bonds is 8. The molecule has 5 N–H and O–H groups in total. The minimum absolute atomic E-state index is 0.219. The molecule has 1 amide bonds. The number of amides is 1. The van der Waals surface area contributed by atoms with Crippen LogP contribution in [0.25, 0.3) is 0 Å². The lowest BCUT2D eigenvalue weighted by Crippen LogP contribution is -2.15. The molecule has 94 valence electrons. The number of nitrogens with two attached hydrogens (primary N) is 2. The van der Waals surface area contributed by atoms with Gasteiger partial charge in [-0.25, -0.2) is 0 Å². The van der Waals surface area contributed by atoms with Crippen molar-refractivity contribution >= 4 is 11.6 Å². The lowest BCUT2D eigenvalue weighted by molar-refractivity contribution is -0.118. The standard InChI is InChI=1S/C12H19N3O2/c13-7-3-8-15-10-4-1-2-5-11(10)17-9-6-12(14)16/h1-2,4-5,15H,3,6-9,13H2,(H2,14,16). The second-order valence-corrected chi connectivity index (χ2v) is 3.63. The van der Waals surface area contributed by atoms with E-state index >= 15 is 0 Å². The summed E-state index contributed by atoms with van der Waals surface area (Å²) in [5.74, 6) is 0.365. The predicted molar refractivity (Wildman–Crippen MR) is 67.9 cm³/mol. The second-order valence-electron chi connectivity index (χ2n) is 3.63. The van der Waals surface area contributed by atoms with Crippen LogP contribution in [0.1, 0.15) is 12.8 Å². The summed E-state index contributed by atoms with van der Waals surface area (Å²) in [4.78, 5) is 10.6. The van der Waals surface area contributed by atoms with Crippen molar-refractivity contribution in [3.8, 4) is 5.75 Å². The van der Waals surface area contributed by atoms with Crippen LogP contribution in [-0.4, -0.2) is 25.6 Å². The minimum atomic E-state index is -0.362. The van der Waals surface area contributed by atoms with Gasteiger partial charge in [0.15, 0.2) is 0 Å². The van der Waals surface area contributed by atoms with E-state index in [0.717, 1.165) is 24.4 Å². The van der Waals surface area contributed by atoms with Gasteiger partial charge in [0, 0.05) is 6.54 Å². The maximum Gasteiger partial charge on any atom is 0.220 e. The van der Waals surface area contributed by atoms with E-state index in [9.17, 15) is 4.79 Å². The Kier molecular flexibility index (Phi) is 5.88. The average molecular weight is 237 g/mol. The maximum absolute atomic E-state index is 10.6. The second kappa shape index (κ2) is 7.51. The Hall–Kier alpha value is -1.75. The molecular weight excluding hydrogens is 218 g/mol. The largest absolute Gasteiger partial charge is 0.491 e. The Morgan fingerprint density at radius 3 is 2.82 bits per heavy atom. The van der Waals surface area contributed by atoms with Crippen LogP contribution in [0.15, 0.2) is 24.3 Å². The molecule has 5 heteroatoms. The van der Waals surface area contributed by atoms with Gasteiger partial charge in [0.1, 0.15) is 5.75 Å². The molecule has 0 saturated heterocycles. The highest BCUT2D eigenvalue weighted by Gasteiger charge is 2.02. The fourth-order valence-corrected chi connectivity index (χ4v) is 1.33. The third-order valence-corrected chi connectivity index (χ3v) is 2.19. The SMILES string of the molecule is NCCCNc1ccccc1OCCC(N)=O. The number of benzene rings is 1. The molecular formula is C12H19N3O2. The van der Waals surface area contributed by atoms with Crippen LogP contribution < -0.4 is 21.5 Å². The number of hydrogen-bond acceptors (Lipinski definition) is 4. The van der Waals surface area contributed by atoms with Gasteiger partial charge in [0.25, 0.3) is 0 Å². The average Bonchev–Trinajstić information content (AvgIpc) is 2.31. The number of carbonyl (C=O) groups excluding carboxylic acids is 1. The van der Waals surface area contributed by atoms with Crippen molar-refractivity contribution in [3.05, 3.63) is 24.3 Å². The first-order valence-electron chi connectivity index (χ1n) is 5.68. The molecule has 0 atom stereocenters. The van der Waals surface area contributed by atoms with Gasteiger partial charge in [-0.2, -0.15) is 0 Å². The molecule has 0 aliphatic heterocycles. The molecule has 0 heterocycles. The van der Waals surface area contributed by atoms with Crippen molar-refractivity contribution in [1.29, 1.82) is 0 Å². The smallest absolute Gasteiger partial charge is 0.220 e. The number of primary amides is 1. The van der Waals surface area contributed by atoms with Gasteiger partial charge in [-0.05, 0) is 25.1 Å². The Morgan fingerprint density at radius 2 is 2.12 bits per heavy atom. The van der Waals surface area contributed by atoms with E-state index in [0.29, 0.717) is 13.2 Å². The van der Waals surface area contributed by atoms with Crippen molar-refractivity contribution in [2.45, 2.75) is 12.8 Å². The Bertz CT molecular complexity index is 355. The van der Waals surface area contributed by atoms with E-state index in [-0.39, 0.29) is 12.3 Å². The fourth-order valence-electron chi connectivity index (χ4n) is 1.33. The van der Waals surface area contributed by atoms with E-state index < -0.39 is 0 Å². The van der Waals surface area contributed by atoms with Gasteiger partial charge in [-0.1, -0.05) is 12.1 Å². The highest BCUT2D eigenvalue weighted by atomic mass is 16.5. The van der Waals surface area contributed by atoms with Crippen LogP contribution in [0.3, 0.4) is 0 Å². The predicted octanol–water partition coefficient (Wildman–Crippen LogP) is 0.701. The normalized spacial score (nSPS) is 9.94. The Labute approximate surface area is 101 Å². The summed E-state index contributed by atoms with van der Waals surface area (Å²) in [5, 5.41) is 3.23. The number of hydrogen-bond donors (Lipinski definition) is 3. The first kappa shape index (κ1) is 13.3. The summed E-state index contributed by atoms with van der Waals surface area (Å²) >= 11 is 0. The first-order chi connectivity index (χ1) is 8.24. The highest BCUT2D eigenvalue weighted by molar-refractivity contribution is 5.73. The minimum Gasteiger partial charge on any atom is -0.491 e. The van der Waals surface area contributed by atoms with E-state index in [2.05, 4.69) is 5.32 Å². The molecule has 5 nitrogen and oxygen atoms in total. The van der Waals surface area contributed by atoms with Crippen molar-refractivity contribution in [2.24, 2.45) is 11.5 Å². The van der Waals surface area contributed by atoms with Gasteiger partial charge in [0.2, 0.25) is 5.91 Å². The molecule has 0 bridgehead atoms. The molecule has 1 rings (SSSR count). The molecule has 0 fully saturated rings. The zero-order valence-corrected chi connectivity index (χ0v) is 9.82. The van der Waals surface area contributed by atoms with Crippen molar-refractivity contribution in [1.82, 2.24) is 0 Å². The molecule has 1 aromatic carbocycles. The number of anilines is 1.